The summed E-state index contributed by atoms with van der Waals surface area (Å²) in [5.74, 6) is -0.693. The van der Waals surface area contributed by atoms with Crippen LogP contribution in [0.2, 0.25) is 0 Å². The van der Waals surface area contributed by atoms with E-state index in [4.69, 9.17) is 9.72 Å². The molecule has 1 aliphatic rings. The van der Waals surface area contributed by atoms with Crippen molar-refractivity contribution in [1.29, 1.82) is 0 Å². The number of thiophene rings is 2. The zero-order valence-corrected chi connectivity index (χ0v) is 22.6. The third-order valence-electron chi connectivity index (χ3n) is 6.17. The summed E-state index contributed by atoms with van der Waals surface area (Å²) in [6.07, 6.45) is 2.95. The Morgan fingerprint density at radius 2 is 1.94 bits per heavy atom. The van der Waals surface area contributed by atoms with Gasteiger partial charge in [0, 0.05) is 9.75 Å². The van der Waals surface area contributed by atoms with Crippen LogP contribution in [0.4, 0.5) is 5.00 Å². The molecule has 0 spiro atoms. The number of nitrogens with one attached hydrogen (secondary N) is 1. The molecule has 0 saturated carbocycles. The number of hydrogen-bond acceptors (Lipinski definition) is 8. The number of para-hydroxylation sites is 1. The Kier molecular flexibility index (Phi) is 7.00. The molecule has 1 aromatic carbocycles. The van der Waals surface area contributed by atoms with Gasteiger partial charge in [0.15, 0.2) is 5.16 Å². The van der Waals surface area contributed by atoms with Gasteiger partial charge in [0.05, 0.1) is 29.0 Å². The van der Waals surface area contributed by atoms with Gasteiger partial charge >= 0.3 is 5.97 Å². The fourth-order valence-corrected chi connectivity index (χ4v) is 7.56. The molecule has 0 bridgehead atoms. The second kappa shape index (κ2) is 10.2. The smallest absolute Gasteiger partial charge is 0.341 e. The maximum Gasteiger partial charge on any atom is 0.341 e. The minimum absolute atomic E-state index is 0.0358. The number of esters is 1. The van der Waals surface area contributed by atoms with Crippen LogP contribution in [-0.4, -0.2) is 33.8 Å². The van der Waals surface area contributed by atoms with E-state index in [1.807, 2.05) is 44.2 Å². The number of anilines is 1. The van der Waals surface area contributed by atoms with Crippen LogP contribution >= 0.6 is 34.4 Å². The molecule has 0 radical (unpaired) electrons. The number of aryl methyl sites for hydroxylation is 3. The van der Waals surface area contributed by atoms with E-state index >= 15 is 0 Å². The minimum atomic E-state index is -0.446. The van der Waals surface area contributed by atoms with Crippen molar-refractivity contribution >= 4 is 61.5 Å². The number of amides is 1. The Morgan fingerprint density at radius 3 is 2.69 bits per heavy atom. The van der Waals surface area contributed by atoms with E-state index in [0.717, 1.165) is 40.1 Å². The van der Waals surface area contributed by atoms with Gasteiger partial charge in [-0.3, -0.25) is 14.2 Å². The molecular weight excluding hydrogens is 515 g/mol. The minimum Gasteiger partial charge on any atom is -0.462 e. The zero-order chi connectivity index (χ0) is 25.4. The average Bonchev–Trinajstić information content (AvgIpc) is 3.51. The van der Waals surface area contributed by atoms with E-state index in [9.17, 15) is 14.4 Å². The van der Waals surface area contributed by atoms with Crippen molar-refractivity contribution in [2.75, 3.05) is 17.7 Å². The summed E-state index contributed by atoms with van der Waals surface area (Å²) in [5, 5.41) is 4.52. The first-order valence-electron chi connectivity index (χ1n) is 11.7. The molecule has 0 saturated heterocycles. The molecule has 3 heterocycles. The molecule has 36 heavy (non-hydrogen) atoms. The van der Waals surface area contributed by atoms with Gasteiger partial charge in [-0.1, -0.05) is 30.0 Å². The number of ether oxygens (including phenoxy) is 1. The summed E-state index contributed by atoms with van der Waals surface area (Å²) >= 11 is 4.14. The number of carbonyl (C=O) groups excluding carboxylic acids is 2. The lowest BCUT2D eigenvalue weighted by molar-refractivity contribution is -0.113. The quantitative estimate of drug-likeness (QED) is 0.189. The number of nitrogens with zero attached hydrogens (tertiary/aromatic N) is 2. The lowest BCUT2D eigenvalue weighted by Gasteiger charge is -2.12. The van der Waals surface area contributed by atoms with Crippen LogP contribution in [0.25, 0.3) is 15.9 Å². The zero-order valence-electron chi connectivity index (χ0n) is 20.2. The molecule has 1 amide bonds. The number of thioether (sulfide) groups is 1. The van der Waals surface area contributed by atoms with Gasteiger partial charge in [-0.25, -0.2) is 9.78 Å². The first kappa shape index (κ1) is 24.7. The van der Waals surface area contributed by atoms with Crippen molar-refractivity contribution in [3.63, 3.8) is 0 Å². The molecule has 1 aliphatic carbocycles. The van der Waals surface area contributed by atoms with Crippen molar-refractivity contribution < 1.29 is 14.3 Å². The second-order valence-corrected chi connectivity index (χ2v) is 11.7. The molecule has 186 valence electrons. The molecule has 0 fully saturated rings. The lowest BCUT2D eigenvalue weighted by atomic mass is 10.1. The monoisotopic (exact) mass is 539 g/mol. The Balaban J connectivity index is 1.45. The number of aromatic nitrogens is 2. The highest BCUT2D eigenvalue weighted by molar-refractivity contribution is 7.99. The molecule has 0 unspecified atom stereocenters. The normalized spacial score (nSPS) is 12.6. The molecule has 10 heteroatoms. The van der Waals surface area contributed by atoms with Crippen LogP contribution in [0, 0.1) is 13.8 Å². The van der Waals surface area contributed by atoms with E-state index in [1.165, 1.54) is 28.0 Å². The van der Waals surface area contributed by atoms with E-state index < -0.39 is 5.97 Å². The maximum absolute atomic E-state index is 13.7. The van der Waals surface area contributed by atoms with Crippen LogP contribution in [0.15, 0.2) is 40.3 Å². The molecule has 7 nitrogen and oxygen atoms in total. The van der Waals surface area contributed by atoms with Gasteiger partial charge in [0.25, 0.3) is 5.56 Å². The summed E-state index contributed by atoms with van der Waals surface area (Å²) in [6, 6.07) is 9.39. The summed E-state index contributed by atoms with van der Waals surface area (Å²) < 4.78 is 6.79. The average molecular weight is 540 g/mol. The highest BCUT2D eigenvalue weighted by atomic mass is 32.2. The van der Waals surface area contributed by atoms with Crippen LogP contribution in [0.5, 0.6) is 0 Å². The number of benzene rings is 1. The molecule has 0 atom stereocenters. The van der Waals surface area contributed by atoms with Gasteiger partial charge in [-0.05, 0) is 63.3 Å². The Morgan fingerprint density at radius 1 is 1.17 bits per heavy atom. The molecule has 0 aliphatic heterocycles. The van der Waals surface area contributed by atoms with Crippen molar-refractivity contribution in [3.8, 4) is 5.69 Å². The first-order valence-corrected chi connectivity index (χ1v) is 14.3. The highest BCUT2D eigenvalue weighted by Crippen LogP contribution is 2.36. The topological polar surface area (TPSA) is 90.3 Å². The van der Waals surface area contributed by atoms with E-state index in [-0.39, 0.29) is 23.8 Å². The molecule has 5 rings (SSSR count). The Hall–Kier alpha value is -2.95. The van der Waals surface area contributed by atoms with Crippen LogP contribution in [0.3, 0.4) is 0 Å². The van der Waals surface area contributed by atoms with Crippen LogP contribution < -0.4 is 10.9 Å². The number of rotatable bonds is 7. The largest absolute Gasteiger partial charge is 0.462 e. The molecular formula is C26H25N3O4S3. The summed E-state index contributed by atoms with van der Waals surface area (Å²) in [7, 11) is 0. The third kappa shape index (κ3) is 4.49. The fraction of sp³-hybridized carbons (Fsp3) is 0.308. The molecule has 1 N–H and O–H groups in total. The van der Waals surface area contributed by atoms with Crippen molar-refractivity contribution in [3.05, 3.63) is 67.1 Å². The fourth-order valence-electron chi connectivity index (χ4n) is 4.38. The predicted octanol–water partition coefficient (Wildman–Crippen LogP) is 5.52. The van der Waals surface area contributed by atoms with Crippen LogP contribution in [-0.2, 0) is 22.4 Å². The highest BCUT2D eigenvalue weighted by Gasteiger charge is 2.25. The van der Waals surface area contributed by atoms with E-state index in [0.29, 0.717) is 26.8 Å². The Bertz CT molecular complexity index is 1540. The molecule has 4 aromatic rings. The standard InChI is InChI=1S/C26H25N3O4S3/c1-4-33-25(32)20-14(2)15(3)35-22(20)27-19(30)13-34-26-28-23-21(17-11-8-12-18(17)36-23)24(31)29(26)16-9-6-5-7-10-16/h5-7,9-10H,4,8,11-13H2,1-3H3,(H,27,30). The lowest BCUT2D eigenvalue weighted by Crippen LogP contribution is -2.23. The molecule has 3 aromatic heterocycles. The summed E-state index contributed by atoms with van der Waals surface area (Å²) in [6.45, 7) is 5.76. The van der Waals surface area contributed by atoms with Gasteiger partial charge in [0.2, 0.25) is 5.91 Å². The predicted molar refractivity (Wildman–Crippen MR) is 146 cm³/mol. The number of hydrogen-bond donors (Lipinski definition) is 1. The van der Waals surface area contributed by atoms with E-state index in [1.54, 1.807) is 22.8 Å². The van der Waals surface area contributed by atoms with Crippen molar-refractivity contribution in [1.82, 2.24) is 9.55 Å². The number of carbonyl (C=O) groups is 2. The van der Waals surface area contributed by atoms with Gasteiger partial charge in [-0.15, -0.1) is 22.7 Å². The van der Waals surface area contributed by atoms with Crippen molar-refractivity contribution in [2.45, 2.75) is 45.2 Å². The summed E-state index contributed by atoms with van der Waals surface area (Å²) in [4.78, 5) is 46.9. The van der Waals surface area contributed by atoms with E-state index in [2.05, 4.69) is 5.32 Å². The Labute approximate surface area is 220 Å². The SMILES string of the molecule is CCOC(=O)c1c(NC(=O)CSc2nc3sc4c(c3c(=O)n2-c2ccccc2)CCC4)sc(C)c1C. The maximum atomic E-state index is 13.7. The van der Waals surface area contributed by atoms with Gasteiger partial charge < -0.3 is 10.1 Å². The first-order chi connectivity index (χ1) is 17.4. The summed E-state index contributed by atoms with van der Waals surface area (Å²) in [5.41, 5.74) is 2.94. The van der Waals surface area contributed by atoms with Gasteiger partial charge in [0.1, 0.15) is 9.83 Å². The van der Waals surface area contributed by atoms with Crippen LogP contribution in [0.1, 0.15) is 44.6 Å². The third-order valence-corrected chi connectivity index (χ3v) is 9.42. The van der Waals surface area contributed by atoms with Crippen molar-refractivity contribution in [2.24, 2.45) is 0 Å². The second-order valence-electron chi connectivity index (χ2n) is 8.45. The number of fused-ring (bicyclic) bond motifs is 3. The van der Waals surface area contributed by atoms with Gasteiger partial charge in [-0.2, -0.15) is 0 Å².